The Hall–Kier alpha value is -1.23. The van der Waals surface area contributed by atoms with Crippen LogP contribution in [-0.2, 0) is 23.7 Å². The molecule has 0 aromatic rings. The van der Waals surface area contributed by atoms with Crippen LogP contribution in [0.3, 0.4) is 0 Å². The predicted octanol–water partition coefficient (Wildman–Crippen LogP) is -1.90. The van der Waals surface area contributed by atoms with E-state index in [0.29, 0.717) is 0 Å². The van der Waals surface area contributed by atoms with Gasteiger partial charge in [-0.05, 0) is 6.08 Å². The minimum absolute atomic E-state index is 0.0486. The molecule has 9 heteroatoms. The maximum absolute atomic E-state index is 11.9. The zero-order valence-corrected chi connectivity index (χ0v) is 13.1. The van der Waals surface area contributed by atoms with Crippen molar-refractivity contribution in [1.29, 1.82) is 0 Å². The van der Waals surface area contributed by atoms with Gasteiger partial charge in [-0.25, -0.2) is 0 Å². The maximum Gasteiger partial charge on any atom is 0.313 e. The van der Waals surface area contributed by atoms with Crippen LogP contribution >= 0.6 is 0 Å². The van der Waals surface area contributed by atoms with E-state index in [9.17, 15) is 25.2 Å². The zero-order chi connectivity index (χ0) is 17.4. The van der Waals surface area contributed by atoms with E-state index in [1.54, 1.807) is 6.08 Å². The van der Waals surface area contributed by atoms with Crippen LogP contribution < -0.4 is 0 Å². The van der Waals surface area contributed by atoms with Crippen LogP contribution in [0.25, 0.3) is 0 Å². The van der Waals surface area contributed by atoms with Crippen LogP contribution in [0.4, 0.5) is 0 Å². The molecule has 0 amide bonds. The van der Waals surface area contributed by atoms with E-state index in [2.05, 4.69) is 0 Å². The van der Waals surface area contributed by atoms with Crippen molar-refractivity contribution < 1.29 is 44.2 Å². The number of hydrogen-bond acceptors (Lipinski definition) is 9. The highest BCUT2D eigenvalue weighted by molar-refractivity contribution is 5.75. The first-order chi connectivity index (χ1) is 11.4. The monoisotopic (exact) mass is 346 g/mol. The fourth-order valence-electron chi connectivity index (χ4n) is 3.31. The van der Waals surface area contributed by atoms with Gasteiger partial charge in [0.25, 0.3) is 0 Å². The van der Waals surface area contributed by atoms with Gasteiger partial charge in [0, 0.05) is 11.8 Å². The van der Waals surface area contributed by atoms with E-state index in [1.165, 1.54) is 6.26 Å². The van der Waals surface area contributed by atoms with E-state index < -0.39 is 49.5 Å². The number of ether oxygens (including phenoxy) is 4. The fourth-order valence-corrected chi connectivity index (χ4v) is 3.31. The lowest BCUT2D eigenvalue weighted by Crippen LogP contribution is -2.60. The minimum atomic E-state index is -1.54. The fraction of sp³-hybridized carbons (Fsp3) is 0.800. The Balaban J connectivity index is 1.74. The molecule has 9 nitrogen and oxygen atoms in total. The molecule has 2 saturated heterocycles. The molecule has 4 N–H and O–H groups in total. The maximum atomic E-state index is 11.9. The normalized spacial score (nSPS) is 48.4. The molecule has 0 aromatic heterocycles. The number of esters is 1. The minimum Gasteiger partial charge on any atom is -0.472 e. The first-order valence-electron chi connectivity index (χ1n) is 7.88. The van der Waals surface area contributed by atoms with Crippen LogP contribution in [0.15, 0.2) is 12.3 Å². The SMILES string of the molecule is C[C@H]1COC(=O)[C@@H]2C=CO[C@@H](O[C@H]3O[C@@H](CO)[C@H](O)[C@@H](O)[C@@H]3O)[C@H]12. The highest BCUT2D eigenvalue weighted by atomic mass is 16.8. The first-order valence-corrected chi connectivity index (χ1v) is 7.88. The second-order valence-electron chi connectivity index (χ2n) is 6.38. The van der Waals surface area contributed by atoms with E-state index >= 15 is 0 Å². The summed E-state index contributed by atoms with van der Waals surface area (Å²) < 4.78 is 21.5. The topological polar surface area (TPSA) is 135 Å². The molecule has 0 bridgehead atoms. The van der Waals surface area contributed by atoms with Gasteiger partial charge in [-0.3, -0.25) is 4.79 Å². The van der Waals surface area contributed by atoms with Gasteiger partial charge in [-0.2, -0.15) is 0 Å². The largest absolute Gasteiger partial charge is 0.472 e. The molecule has 3 heterocycles. The van der Waals surface area contributed by atoms with Crippen molar-refractivity contribution in [3.05, 3.63) is 12.3 Å². The van der Waals surface area contributed by atoms with E-state index in [0.717, 1.165) is 0 Å². The number of aliphatic hydroxyl groups excluding tert-OH is 4. The second kappa shape index (κ2) is 6.95. The molecule has 0 saturated carbocycles. The standard InChI is InChI=1S/C15H22O9/c1-6-5-22-13(20)7-2-3-21-14(9(6)7)24-15-12(19)11(18)10(17)8(4-16)23-15/h2-3,6-12,14-19H,4-5H2,1H3/t6-,7+,8-,9+,10-,11+,12-,14-,15+/m0/s1. The van der Waals surface area contributed by atoms with E-state index in [4.69, 9.17) is 18.9 Å². The summed E-state index contributed by atoms with van der Waals surface area (Å²) in [6.45, 7) is 1.56. The van der Waals surface area contributed by atoms with Gasteiger partial charge in [0.15, 0.2) is 6.29 Å². The van der Waals surface area contributed by atoms with Crippen LogP contribution in [-0.4, -0.2) is 76.6 Å². The van der Waals surface area contributed by atoms with Gasteiger partial charge in [0.2, 0.25) is 6.29 Å². The lowest BCUT2D eigenvalue weighted by atomic mass is 9.79. The average Bonchev–Trinajstić information content (AvgIpc) is 2.58. The predicted molar refractivity (Wildman–Crippen MR) is 76.0 cm³/mol. The number of fused-ring (bicyclic) bond motifs is 1. The van der Waals surface area contributed by atoms with Crippen molar-refractivity contribution in [1.82, 2.24) is 0 Å². The summed E-state index contributed by atoms with van der Waals surface area (Å²) in [5.74, 6) is -1.30. The molecule has 0 spiro atoms. The van der Waals surface area contributed by atoms with Gasteiger partial charge in [-0.1, -0.05) is 6.92 Å². The van der Waals surface area contributed by atoms with Crippen molar-refractivity contribution in [3.63, 3.8) is 0 Å². The summed E-state index contributed by atoms with van der Waals surface area (Å²) in [6.07, 6.45) is -4.89. The highest BCUT2D eigenvalue weighted by Gasteiger charge is 2.49. The smallest absolute Gasteiger partial charge is 0.313 e. The number of cyclic esters (lactones) is 1. The molecule has 0 radical (unpaired) electrons. The number of rotatable bonds is 3. The molecule has 3 rings (SSSR count). The van der Waals surface area contributed by atoms with Crippen molar-refractivity contribution in [3.8, 4) is 0 Å². The first kappa shape index (κ1) is 17.6. The Labute approximate surface area is 138 Å². The summed E-state index contributed by atoms with van der Waals surface area (Å²) in [7, 11) is 0. The third-order valence-corrected chi connectivity index (χ3v) is 4.76. The number of aliphatic hydroxyl groups is 4. The molecular weight excluding hydrogens is 324 g/mol. The number of hydrogen-bond donors (Lipinski definition) is 4. The van der Waals surface area contributed by atoms with Crippen molar-refractivity contribution in [2.24, 2.45) is 17.8 Å². The summed E-state index contributed by atoms with van der Waals surface area (Å²) >= 11 is 0. The molecule has 3 aliphatic heterocycles. The highest BCUT2D eigenvalue weighted by Crippen LogP contribution is 2.38. The molecule has 24 heavy (non-hydrogen) atoms. The molecular formula is C15H22O9. The quantitative estimate of drug-likeness (QED) is 0.432. The molecule has 136 valence electrons. The van der Waals surface area contributed by atoms with Crippen LogP contribution in [0.2, 0.25) is 0 Å². The Bertz CT molecular complexity index is 493. The Morgan fingerprint density at radius 2 is 1.96 bits per heavy atom. The van der Waals surface area contributed by atoms with Crippen LogP contribution in [0.1, 0.15) is 6.92 Å². The molecule has 0 unspecified atom stereocenters. The molecule has 0 aromatic carbocycles. The third kappa shape index (κ3) is 3.03. The van der Waals surface area contributed by atoms with Crippen LogP contribution in [0, 0.1) is 17.8 Å². The van der Waals surface area contributed by atoms with E-state index in [1.807, 2.05) is 6.92 Å². The Morgan fingerprint density at radius 1 is 1.21 bits per heavy atom. The van der Waals surface area contributed by atoms with Gasteiger partial charge in [0.05, 0.1) is 25.4 Å². The van der Waals surface area contributed by atoms with Gasteiger partial charge >= 0.3 is 5.97 Å². The van der Waals surface area contributed by atoms with Gasteiger partial charge in [-0.15, -0.1) is 0 Å². The third-order valence-electron chi connectivity index (χ3n) is 4.76. The van der Waals surface area contributed by atoms with Crippen molar-refractivity contribution in [2.45, 2.75) is 43.9 Å². The van der Waals surface area contributed by atoms with Crippen LogP contribution in [0.5, 0.6) is 0 Å². The molecule has 2 fully saturated rings. The van der Waals surface area contributed by atoms with Gasteiger partial charge in [0.1, 0.15) is 24.4 Å². The summed E-state index contributed by atoms with van der Waals surface area (Å²) in [4.78, 5) is 11.9. The van der Waals surface area contributed by atoms with Crippen molar-refractivity contribution >= 4 is 5.97 Å². The van der Waals surface area contributed by atoms with Gasteiger partial charge < -0.3 is 39.4 Å². The second-order valence-corrected chi connectivity index (χ2v) is 6.38. The zero-order valence-electron chi connectivity index (χ0n) is 13.1. The van der Waals surface area contributed by atoms with E-state index in [-0.39, 0.29) is 24.4 Å². The Morgan fingerprint density at radius 3 is 2.67 bits per heavy atom. The lowest BCUT2D eigenvalue weighted by Gasteiger charge is -2.44. The summed E-state index contributed by atoms with van der Waals surface area (Å²) in [6, 6.07) is 0. The molecule has 9 atom stereocenters. The average molecular weight is 346 g/mol. The molecule has 3 aliphatic rings. The number of carbonyl (C=O) groups excluding carboxylic acids is 1. The molecule has 0 aliphatic carbocycles. The summed E-state index contributed by atoms with van der Waals surface area (Å²) in [5, 5.41) is 38.9. The Kier molecular flexibility index (Phi) is 5.09. The number of carbonyl (C=O) groups is 1. The van der Waals surface area contributed by atoms with Crippen molar-refractivity contribution in [2.75, 3.05) is 13.2 Å². The lowest BCUT2D eigenvalue weighted by molar-refractivity contribution is -0.344. The summed E-state index contributed by atoms with van der Waals surface area (Å²) in [5.41, 5.74) is 0.